The summed E-state index contributed by atoms with van der Waals surface area (Å²) in [4.78, 5) is 0. The van der Waals surface area contributed by atoms with Crippen molar-refractivity contribution < 1.29 is 5.11 Å². The fourth-order valence-electron chi connectivity index (χ4n) is 2.21. The zero-order valence-electron chi connectivity index (χ0n) is 10.8. The highest BCUT2D eigenvalue weighted by molar-refractivity contribution is 4.57. The van der Waals surface area contributed by atoms with Crippen LogP contribution in [0.4, 0.5) is 0 Å². The van der Waals surface area contributed by atoms with Crippen LogP contribution in [0.5, 0.6) is 0 Å². The van der Waals surface area contributed by atoms with Crippen molar-refractivity contribution in [2.45, 2.75) is 78.1 Å². The van der Waals surface area contributed by atoms with E-state index in [-0.39, 0.29) is 0 Å². The molecule has 1 N–H and O–H groups in total. The first kappa shape index (κ1) is 15.0. The van der Waals surface area contributed by atoms with Gasteiger partial charge in [-0.25, -0.2) is 0 Å². The Hall–Kier alpha value is -0.0400. The van der Waals surface area contributed by atoms with Crippen LogP contribution in [0.15, 0.2) is 0 Å². The third-order valence-corrected chi connectivity index (χ3v) is 3.29. The van der Waals surface area contributed by atoms with E-state index in [9.17, 15) is 0 Å². The first-order valence-electron chi connectivity index (χ1n) is 6.96. The summed E-state index contributed by atoms with van der Waals surface area (Å²) in [6, 6.07) is 0. The van der Waals surface area contributed by atoms with Crippen LogP contribution in [0.3, 0.4) is 0 Å². The average Bonchev–Trinajstić information content (AvgIpc) is 2.26. The molecule has 0 rings (SSSR count). The minimum atomic E-state index is 0.369. The van der Waals surface area contributed by atoms with Crippen LogP contribution < -0.4 is 0 Å². The van der Waals surface area contributed by atoms with Crippen molar-refractivity contribution in [3.63, 3.8) is 0 Å². The molecule has 0 bridgehead atoms. The van der Waals surface area contributed by atoms with Gasteiger partial charge in [-0.3, -0.25) is 0 Å². The lowest BCUT2D eigenvalue weighted by molar-refractivity contribution is 0.282. The number of unbranched alkanes of at least 4 members (excludes halogenated alkanes) is 5. The van der Waals surface area contributed by atoms with E-state index in [0.29, 0.717) is 6.61 Å². The Morgan fingerprint density at radius 2 is 1.40 bits per heavy atom. The molecule has 0 spiro atoms. The summed E-state index contributed by atoms with van der Waals surface area (Å²) >= 11 is 0. The maximum atomic E-state index is 8.63. The molecule has 0 aliphatic rings. The van der Waals surface area contributed by atoms with E-state index in [1.165, 1.54) is 57.8 Å². The summed E-state index contributed by atoms with van der Waals surface area (Å²) in [5.41, 5.74) is 0. The molecule has 0 heterocycles. The molecule has 0 saturated heterocycles. The normalized spacial score (nSPS) is 13.0. The molecule has 0 radical (unpaired) electrons. The van der Waals surface area contributed by atoms with Gasteiger partial charge in [-0.2, -0.15) is 0 Å². The van der Waals surface area contributed by atoms with Gasteiger partial charge in [0.1, 0.15) is 0 Å². The van der Waals surface area contributed by atoms with Crippen molar-refractivity contribution in [3.8, 4) is 0 Å². The van der Waals surface area contributed by atoms with Crippen molar-refractivity contribution >= 4 is 0 Å². The molecule has 0 aliphatic heterocycles. The minimum absolute atomic E-state index is 0.369. The fourth-order valence-corrected chi connectivity index (χ4v) is 2.21. The Labute approximate surface area is 96.3 Å². The van der Waals surface area contributed by atoms with Crippen molar-refractivity contribution in [2.24, 2.45) is 5.92 Å². The minimum Gasteiger partial charge on any atom is -0.396 e. The predicted molar refractivity (Wildman–Crippen MR) is 68.1 cm³/mol. The fraction of sp³-hybridized carbons (Fsp3) is 1.00. The lowest BCUT2D eigenvalue weighted by Crippen LogP contribution is -1.98. The van der Waals surface area contributed by atoms with Gasteiger partial charge >= 0.3 is 0 Å². The van der Waals surface area contributed by atoms with Crippen LogP contribution in [0.2, 0.25) is 0 Å². The van der Waals surface area contributed by atoms with E-state index in [4.69, 9.17) is 5.11 Å². The van der Waals surface area contributed by atoms with Crippen LogP contribution in [0.1, 0.15) is 78.1 Å². The number of aliphatic hydroxyl groups is 1. The Kier molecular flexibility index (Phi) is 12.0. The zero-order valence-corrected chi connectivity index (χ0v) is 10.8. The Morgan fingerprint density at radius 3 is 1.93 bits per heavy atom. The van der Waals surface area contributed by atoms with E-state index >= 15 is 0 Å². The Bertz CT molecular complexity index is 112. The molecule has 0 aromatic heterocycles. The first-order valence-corrected chi connectivity index (χ1v) is 6.96. The lowest BCUT2D eigenvalue weighted by Gasteiger charge is -2.12. The van der Waals surface area contributed by atoms with Gasteiger partial charge in [0.15, 0.2) is 0 Å². The van der Waals surface area contributed by atoms with Gasteiger partial charge in [-0.1, -0.05) is 71.6 Å². The quantitative estimate of drug-likeness (QED) is 0.501. The smallest absolute Gasteiger partial charge is 0.0431 e. The molecule has 15 heavy (non-hydrogen) atoms. The second kappa shape index (κ2) is 12.0. The summed E-state index contributed by atoms with van der Waals surface area (Å²) in [7, 11) is 0. The van der Waals surface area contributed by atoms with Crippen molar-refractivity contribution in [3.05, 3.63) is 0 Å². The van der Waals surface area contributed by atoms with Crippen LogP contribution >= 0.6 is 0 Å². The maximum Gasteiger partial charge on any atom is 0.0431 e. The third-order valence-electron chi connectivity index (χ3n) is 3.29. The summed E-state index contributed by atoms with van der Waals surface area (Å²) in [6.45, 7) is 4.98. The third kappa shape index (κ3) is 10.2. The van der Waals surface area contributed by atoms with E-state index in [1.807, 2.05) is 0 Å². The standard InChI is InChI=1S/C14H30O/c1-3-11-14(4-2)12-9-7-5-6-8-10-13-15/h14-15H,3-13H2,1-2H3. The van der Waals surface area contributed by atoms with E-state index < -0.39 is 0 Å². The topological polar surface area (TPSA) is 20.2 Å². The lowest BCUT2D eigenvalue weighted by atomic mass is 9.94. The van der Waals surface area contributed by atoms with Crippen molar-refractivity contribution in [1.82, 2.24) is 0 Å². The summed E-state index contributed by atoms with van der Waals surface area (Å²) in [5, 5.41) is 8.63. The van der Waals surface area contributed by atoms with Gasteiger partial charge in [0.05, 0.1) is 0 Å². The molecule has 1 heteroatoms. The van der Waals surface area contributed by atoms with Gasteiger partial charge in [-0.05, 0) is 12.3 Å². The number of hydrogen-bond donors (Lipinski definition) is 1. The molecule has 0 aliphatic carbocycles. The second-order valence-electron chi connectivity index (χ2n) is 4.70. The highest BCUT2D eigenvalue weighted by atomic mass is 16.2. The number of aliphatic hydroxyl groups excluding tert-OH is 1. The van der Waals surface area contributed by atoms with Crippen molar-refractivity contribution in [1.29, 1.82) is 0 Å². The second-order valence-corrected chi connectivity index (χ2v) is 4.70. The Morgan fingerprint density at radius 1 is 0.800 bits per heavy atom. The van der Waals surface area contributed by atoms with Crippen molar-refractivity contribution in [2.75, 3.05) is 6.61 Å². The van der Waals surface area contributed by atoms with Crippen LogP contribution in [-0.2, 0) is 0 Å². The molecule has 92 valence electrons. The molecule has 0 aromatic rings. The molecular weight excluding hydrogens is 184 g/mol. The molecule has 0 saturated carbocycles. The summed E-state index contributed by atoms with van der Waals surface area (Å²) in [6.07, 6.45) is 13.2. The Balaban J connectivity index is 3.14. The van der Waals surface area contributed by atoms with Gasteiger partial charge in [0.25, 0.3) is 0 Å². The van der Waals surface area contributed by atoms with Crippen LogP contribution in [0, 0.1) is 5.92 Å². The average molecular weight is 214 g/mol. The first-order chi connectivity index (χ1) is 7.35. The van der Waals surface area contributed by atoms with E-state index in [1.54, 1.807) is 0 Å². The molecule has 0 amide bonds. The zero-order chi connectivity index (χ0) is 11.4. The summed E-state index contributed by atoms with van der Waals surface area (Å²) in [5.74, 6) is 0.979. The van der Waals surface area contributed by atoms with E-state index in [2.05, 4.69) is 13.8 Å². The highest BCUT2D eigenvalue weighted by Crippen LogP contribution is 2.19. The van der Waals surface area contributed by atoms with Crippen LogP contribution in [0.25, 0.3) is 0 Å². The number of hydrogen-bond acceptors (Lipinski definition) is 1. The SMILES string of the molecule is CCCC(CC)CCCCCCCCO. The monoisotopic (exact) mass is 214 g/mol. The maximum absolute atomic E-state index is 8.63. The van der Waals surface area contributed by atoms with E-state index in [0.717, 1.165) is 12.3 Å². The largest absolute Gasteiger partial charge is 0.396 e. The molecular formula is C14H30O. The molecule has 1 unspecified atom stereocenters. The molecule has 0 fully saturated rings. The van der Waals surface area contributed by atoms with Crippen LogP contribution in [-0.4, -0.2) is 11.7 Å². The number of rotatable bonds is 11. The van der Waals surface area contributed by atoms with Gasteiger partial charge < -0.3 is 5.11 Å². The van der Waals surface area contributed by atoms with Gasteiger partial charge in [-0.15, -0.1) is 0 Å². The molecule has 1 nitrogen and oxygen atoms in total. The van der Waals surface area contributed by atoms with Gasteiger partial charge in [0.2, 0.25) is 0 Å². The highest BCUT2D eigenvalue weighted by Gasteiger charge is 2.03. The summed E-state index contributed by atoms with van der Waals surface area (Å²) < 4.78 is 0. The molecule has 1 atom stereocenters. The predicted octanol–water partition coefficient (Wildman–Crippen LogP) is 4.54. The molecule has 0 aromatic carbocycles. The van der Waals surface area contributed by atoms with Gasteiger partial charge in [0, 0.05) is 6.61 Å².